The predicted octanol–water partition coefficient (Wildman–Crippen LogP) is 3.43. The second-order valence-electron chi connectivity index (χ2n) is 5.10. The van der Waals surface area contributed by atoms with Crippen LogP contribution in [-0.4, -0.2) is 22.5 Å². The molecule has 1 aromatic heterocycles. The molecule has 4 heteroatoms. The summed E-state index contributed by atoms with van der Waals surface area (Å²) in [6, 6.07) is 8.02. The molecular formula is C15H19N3S. The summed E-state index contributed by atoms with van der Waals surface area (Å²) in [5.74, 6) is 1.30. The van der Waals surface area contributed by atoms with E-state index in [4.69, 9.17) is 5.73 Å². The van der Waals surface area contributed by atoms with E-state index in [9.17, 15) is 0 Å². The first-order valence-electron chi connectivity index (χ1n) is 6.75. The lowest BCUT2D eigenvalue weighted by Gasteiger charge is -2.14. The number of nitrogens with one attached hydrogen (secondary N) is 1. The molecule has 100 valence electrons. The highest BCUT2D eigenvalue weighted by atomic mass is 32.2. The molecule has 0 amide bonds. The van der Waals surface area contributed by atoms with Gasteiger partial charge in [0.05, 0.1) is 5.52 Å². The largest absolute Gasteiger partial charge is 0.399 e. The molecule has 19 heavy (non-hydrogen) atoms. The topological polar surface area (TPSA) is 50.9 Å². The number of nitrogen functional groups attached to an aromatic ring is 1. The molecule has 1 unspecified atom stereocenters. The van der Waals surface area contributed by atoms with Gasteiger partial charge < -0.3 is 11.1 Å². The molecule has 1 saturated heterocycles. The van der Waals surface area contributed by atoms with E-state index >= 15 is 0 Å². The third-order valence-corrected chi connectivity index (χ3v) is 4.90. The van der Waals surface area contributed by atoms with Crippen LogP contribution in [0.15, 0.2) is 24.3 Å². The Bertz CT molecular complexity index is 591. The Labute approximate surface area is 118 Å². The number of rotatable bonds is 3. The number of hydrogen-bond acceptors (Lipinski definition) is 4. The van der Waals surface area contributed by atoms with Gasteiger partial charge in [0.15, 0.2) is 0 Å². The first kappa shape index (κ1) is 12.6. The van der Waals surface area contributed by atoms with Crippen molar-refractivity contribution in [2.45, 2.75) is 25.0 Å². The van der Waals surface area contributed by atoms with Gasteiger partial charge in [-0.1, -0.05) is 0 Å². The molecule has 1 aliphatic heterocycles. The number of thioether (sulfide) groups is 1. The molecule has 0 saturated carbocycles. The standard InChI is InChI=1S/C15H19N3S/c1-10-7-15(17-9-12-3-2-6-19-12)13-8-11(16)4-5-14(13)18-10/h4-5,7-8,12H,2-3,6,9,16H2,1H3,(H,17,18). The number of fused-ring (bicyclic) bond motifs is 1. The van der Waals surface area contributed by atoms with E-state index in [1.807, 2.05) is 25.1 Å². The minimum absolute atomic E-state index is 0.740. The fourth-order valence-corrected chi connectivity index (χ4v) is 3.75. The second kappa shape index (κ2) is 5.29. The highest BCUT2D eigenvalue weighted by Crippen LogP contribution is 2.29. The summed E-state index contributed by atoms with van der Waals surface area (Å²) in [7, 11) is 0. The van der Waals surface area contributed by atoms with Gasteiger partial charge in [-0.25, -0.2) is 0 Å². The zero-order valence-corrected chi connectivity index (χ0v) is 12.0. The van der Waals surface area contributed by atoms with E-state index in [0.29, 0.717) is 0 Å². The Balaban J connectivity index is 1.89. The SMILES string of the molecule is Cc1cc(NCC2CCCS2)c2cc(N)ccc2n1. The van der Waals surface area contributed by atoms with Crippen molar-refractivity contribution >= 4 is 34.0 Å². The number of aryl methyl sites for hydroxylation is 1. The molecule has 0 bridgehead atoms. The van der Waals surface area contributed by atoms with Gasteiger partial charge in [0.2, 0.25) is 0 Å². The fraction of sp³-hybridized carbons (Fsp3) is 0.400. The third kappa shape index (κ3) is 2.78. The van der Waals surface area contributed by atoms with Gasteiger partial charge in [0.1, 0.15) is 0 Å². The van der Waals surface area contributed by atoms with Crippen molar-refractivity contribution < 1.29 is 0 Å². The lowest BCUT2D eigenvalue weighted by atomic mass is 10.1. The van der Waals surface area contributed by atoms with Crippen LogP contribution >= 0.6 is 11.8 Å². The highest BCUT2D eigenvalue weighted by Gasteiger charge is 2.15. The number of benzene rings is 1. The molecule has 1 fully saturated rings. The fourth-order valence-electron chi connectivity index (χ4n) is 2.55. The zero-order chi connectivity index (χ0) is 13.2. The third-order valence-electron chi connectivity index (χ3n) is 3.50. The lowest BCUT2D eigenvalue weighted by molar-refractivity contribution is 0.806. The van der Waals surface area contributed by atoms with E-state index in [-0.39, 0.29) is 0 Å². The molecule has 0 radical (unpaired) electrons. The van der Waals surface area contributed by atoms with Crippen molar-refractivity contribution in [2.24, 2.45) is 0 Å². The first-order chi connectivity index (χ1) is 9.22. The van der Waals surface area contributed by atoms with Crippen LogP contribution in [0.25, 0.3) is 10.9 Å². The highest BCUT2D eigenvalue weighted by molar-refractivity contribution is 8.00. The number of nitrogens with zero attached hydrogens (tertiary/aromatic N) is 1. The molecule has 1 aromatic carbocycles. The Hall–Kier alpha value is -1.42. The average molecular weight is 273 g/mol. The van der Waals surface area contributed by atoms with Crippen molar-refractivity contribution in [1.82, 2.24) is 4.98 Å². The number of pyridine rings is 1. The molecule has 0 spiro atoms. The van der Waals surface area contributed by atoms with Crippen LogP contribution in [0.4, 0.5) is 11.4 Å². The van der Waals surface area contributed by atoms with Gasteiger partial charge >= 0.3 is 0 Å². The van der Waals surface area contributed by atoms with Crippen LogP contribution in [0.3, 0.4) is 0 Å². The number of nitrogens with two attached hydrogens (primary N) is 1. The Morgan fingerprint density at radius 2 is 2.32 bits per heavy atom. The van der Waals surface area contributed by atoms with Gasteiger partial charge in [-0.3, -0.25) is 4.98 Å². The average Bonchev–Trinajstić information content (AvgIpc) is 2.89. The van der Waals surface area contributed by atoms with Crippen molar-refractivity contribution in [1.29, 1.82) is 0 Å². The molecule has 0 aliphatic carbocycles. The maximum Gasteiger partial charge on any atom is 0.0727 e. The Morgan fingerprint density at radius 1 is 1.42 bits per heavy atom. The smallest absolute Gasteiger partial charge is 0.0727 e. The van der Waals surface area contributed by atoms with Crippen molar-refractivity contribution in [3.8, 4) is 0 Å². The second-order valence-corrected chi connectivity index (χ2v) is 6.51. The van der Waals surface area contributed by atoms with Crippen LogP contribution in [0.2, 0.25) is 0 Å². The molecule has 2 aromatic rings. The minimum Gasteiger partial charge on any atom is -0.399 e. The van der Waals surface area contributed by atoms with E-state index < -0.39 is 0 Å². The van der Waals surface area contributed by atoms with Gasteiger partial charge in [0.25, 0.3) is 0 Å². The van der Waals surface area contributed by atoms with Crippen molar-refractivity contribution in [2.75, 3.05) is 23.3 Å². The first-order valence-corrected chi connectivity index (χ1v) is 7.79. The van der Waals surface area contributed by atoms with Gasteiger partial charge in [-0.2, -0.15) is 11.8 Å². The number of anilines is 2. The van der Waals surface area contributed by atoms with Crippen molar-refractivity contribution in [3.63, 3.8) is 0 Å². The number of hydrogen-bond donors (Lipinski definition) is 2. The zero-order valence-electron chi connectivity index (χ0n) is 11.1. The van der Waals surface area contributed by atoms with Gasteiger partial charge in [-0.15, -0.1) is 0 Å². The predicted molar refractivity (Wildman–Crippen MR) is 84.9 cm³/mol. The van der Waals surface area contributed by atoms with Gasteiger partial charge in [-0.05, 0) is 49.8 Å². The summed E-state index contributed by atoms with van der Waals surface area (Å²) in [6.07, 6.45) is 2.67. The van der Waals surface area contributed by atoms with Crippen LogP contribution < -0.4 is 11.1 Å². The van der Waals surface area contributed by atoms with E-state index in [1.165, 1.54) is 18.6 Å². The Kier molecular flexibility index (Phi) is 3.51. The monoisotopic (exact) mass is 273 g/mol. The number of aromatic nitrogens is 1. The molecule has 3 N–H and O–H groups in total. The lowest BCUT2D eigenvalue weighted by Crippen LogP contribution is -2.14. The minimum atomic E-state index is 0.740. The molecule has 3 nitrogen and oxygen atoms in total. The molecule has 1 atom stereocenters. The molecule has 3 rings (SSSR count). The summed E-state index contributed by atoms with van der Waals surface area (Å²) >= 11 is 2.07. The summed E-state index contributed by atoms with van der Waals surface area (Å²) in [4.78, 5) is 4.56. The van der Waals surface area contributed by atoms with Crippen molar-refractivity contribution in [3.05, 3.63) is 30.0 Å². The molecule has 2 heterocycles. The van der Waals surface area contributed by atoms with Crippen LogP contribution in [0, 0.1) is 6.92 Å². The summed E-state index contributed by atoms with van der Waals surface area (Å²) < 4.78 is 0. The van der Waals surface area contributed by atoms with E-state index in [0.717, 1.165) is 39.8 Å². The normalized spacial score (nSPS) is 18.9. The summed E-state index contributed by atoms with van der Waals surface area (Å²) in [5.41, 5.74) is 9.88. The van der Waals surface area contributed by atoms with Gasteiger partial charge in [0, 0.05) is 34.2 Å². The molecule has 1 aliphatic rings. The van der Waals surface area contributed by atoms with E-state index in [2.05, 4.69) is 28.1 Å². The van der Waals surface area contributed by atoms with Crippen LogP contribution in [0.5, 0.6) is 0 Å². The van der Waals surface area contributed by atoms with Crippen LogP contribution in [0.1, 0.15) is 18.5 Å². The Morgan fingerprint density at radius 3 is 3.11 bits per heavy atom. The quantitative estimate of drug-likeness (QED) is 0.841. The summed E-state index contributed by atoms with van der Waals surface area (Å²) in [5, 5.41) is 5.44. The maximum absolute atomic E-state index is 5.89. The van der Waals surface area contributed by atoms with Crippen LogP contribution in [-0.2, 0) is 0 Å². The molecular weight excluding hydrogens is 254 g/mol. The summed E-state index contributed by atoms with van der Waals surface area (Å²) in [6.45, 7) is 3.06. The maximum atomic E-state index is 5.89. The van der Waals surface area contributed by atoms with E-state index in [1.54, 1.807) is 0 Å².